The second-order valence-electron chi connectivity index (χ2n) is 5.13. The van der Waals surface area contributed by atoms with Gasteiger partial charge in [0.15, 0.2) is 0 Å². The number of nitrogens with zero attached hydrogens (tertiary/aromatic N) is 1. The highest BCUT2D eigenvalue weighted by atomic mass is 32.1. The van der Waals surface area contributed by atoms with Crippen LogP contribution in [0.3, 0.4) is 0 Å². The summed E-state index contributed by atoms with van der Waals surface area (Å²) in [6.45, 7) is 8.51. The molecule has 0 aliphatic carbocycles. The van der Waals surface area contributed by atoms with E-state index < -0.39 is 0 Å². The molecule has 3 heteroatoms. The van der Waals surface area contributed by atoms with E-state index >= 15 is 0 Å². The predicted octanol–water partition coefficient (Wildman–Crippen LogP) is 4.12. The molecule has 0 aliphatic heterocycles. The topological polar surface area (TPSA) is 24.9 Å². The summed E-state index contributed by atoms with van der Waals surface area (Å²) in [7, 11) is 0. The minimum absolute atomic E-state index is 0.671. The van der Waals surface area contributed by atoms with Gasteiger partial charge in [-0.05, 0) is 24.4 Å². The van der Waals surface area contributed by atoms with E-state index in [-0.39, 0.29) is 0 Å². The molecule has 0 radical (unpaired) electrons. The van der Waals surface area contributed by atoms with Crippen molar-refractivity contribution in [1.82, 2.24) is 10.3 Å². The fourth-order valence-electron chi connectivity index (χ4n) is 1.97. The van der Waals surface area contributed by atoms with Crippen molar-refractivity contribution in [3.05, 3.63) is 41.0 Å². The van der Waals surface area contributed by atoms with Crippen LogP contribution in [-0.4, -0.2) is 11.5 Å². The SMILES string of the molecule is CCc1nc(CNCC(C)C)c(-c2ccccc2)s1. The number of aromatic nitrogens is 1. The molecule has 1 aromatic heterocycles. The van der Waals surface area contributed by atoms with Gasteiger partial charge in [-0.1, -0.05) is 51.1 Å². The Hall–Kier alpha value is -1.19. The molecule has 19 heavy (non-hydrogen) atoms. The molecule has 0 bridgehead atoms. The molecule has 0 atom stereocenters. The van der Waals surface area contributed by atoms with E-state index in [9.17, 15) is 0 Å². The first-order valence-corrected chi connectivity index (χ1v) is 7.77. The molecule has 1 N–H and O–H groups in total. The van der Waals surface area contributed by atoms with Crippen LogP contribution >= 0.6 is 11.3 Å². The number of thiazole rings is 1. The van der Waals surface area contributed by atoms with Gasteiger partial charge in [-0.2, -0.15) is 0 Å². The molecule has 0 fully saturated rings. The van der Waals surface area contributed by atoms with Crippen LogP contribution in [0.1, 0.15) is 31.5 Å². The van der Waals surface area contributed by atoms with Crippen LogP contribution < -0.4 is 5.32 Å². The van der Waals surface area contributed by atoms with Gasteiger partial charge in [0, 0.05) is 6.54 Å². The second kappa shape index (κ2) is 6.83. The van der Waals surface area contributed by atoms with Crippen LogP contribution in [0, 0.1) is 5.92 Å². The maximum absolute atomic E-state index is 4.76. The fourth-order valence-corrected chi connectivity index (χ4v) is 2.99. The number of hydrogen-bond donors (Lipinski definition) is 1. The van der Waals surface area contributed by atoms with Crippen molar-refractivity contribution in [1.29, 1.82) is 0 Å². The zero-order chi connectivity index (χ0) is 13.7. The molecule has 1 aromatic carbocycles. The molecule has 0 aliphatic rings. The van der Waals surface area contributed by atoms with Gasteiger partial charge in [-0.3, -0.25) is 0 Å². The summed E-state index contributed by atoms with van der Waals surface area (Å²) in [5.74, 6) is 0.671. The van der Waals surface area contributed by atoms with Crippen molar-refractivity contribution in [2.24, 2.45) is 5.92 Å². The van der Waals surface area contributed by atoms with E-state index in [1.165, 1.54) is 21.1 Å². The van der Waals surface area contributed by atoms with Crippen LogP contribution in [0.25, 0.3) is 10.4 Å². The van der Waals surface area contributed by atoms with Gasteiger partial charge in [-0.15, -0.1) is 11.3 Å². The van der Waals surface area contributed by atoms with Crippen LogP contribution in [0.15, 0.2) is 30.3 Å². The first-order valence-electron chi connectivity index (χ1n) is 6.95. The van der Waals surface area contributed by atoms with Crippen molar-refractivity contribution in [2.45, 2.75) is 33.7 Å². The van der Waals surface area contributed by atoms with E-state index in [1.807, 2.05) is 11.3 Å². The zero-order valence-electron chi connectivity index (χ0n) is 11.9. The standard InChI is InChI=1S/C16H22N2S/c1-4-15-18-14(11-17-10-12(2)3)16(19-15)13-8-6-5-7-9-13/h5-9,12,17H,4,10-11H2,1-3H3. The summed E-state index contributed by atoms with van der Waals surface area (Å²) < 4.78 is 0. The summed E-state index contributed by atoms with van der Waals surface area (Å²) in [6.07, 6.45) is 1.01. The lowest BCUT2D eigenvalue weighted by molar-refractivity contribution is 0.549. The van der Waals surface area contributed by atoms with Gasteiger partial charge >= 0.3 is 0 Å². The molecule has 0 saturated heterocycles. The van der Waals surface area contributed by atoms with Crippen molar-refractivity contribution >= 4 is 11.3 Å². The Labute approximate surface area is 119 Å². The second-order valence-corrected chi connectivity index (χ2v) is 6.21. The van der Waals surface area contributed by atoms with Crippen molar-refractivity contribution in [3.63, 3.8) is 0 Å². The summed E-state index contributed by atoms with van der Waals surface area (Å²) in [5.41, 5.74) is 2.47. The average molecular weight is 274 g/mol. The van der Waals surface area contributed by atoms with Crippen molar-refractivity contribution in [2.75, 3.05) is 6.54 Å². The van der Waals surface area contributed by atoms with E-state index in [2.05, 4.69) is 56.4 Å². The third kappa shape index (κ3) is 3.88. The Morgan fingerprint density at radius 1 is 1.21 bits per heavy atom. The highest BCUT2D eigenvalue weighted by molar-refractivity contribution is 7.15. The summed E-state index contributed by atoms with van der Waals surface area (Å²) >= 11 is 1.82. The van der Waals surface area contributed by atoms with E-state index in [1.54, 1.807) is 0 Å². The van der Waals surface area contributed by atoms with E-state index in [0.29, 0.717) is 5.92 Å². The number of rotatable bonds is 6. The minimum atomic E-state index is 0.671. The Morgan fingerprint density at radius 3 is 2.58 bits per heavy atom. The Bertz CT molecular complexity index is 503. The molecule has 2 rings (SSSR count). The molecule has 0 amide bonds. The summed E-state index contributed by atoms with van der Waals surface area (Å²) in [5, 5.41) is 4.72. The van der Waals surface area contributed by atoms with Gasteiger partial charge in [-0.25, -0.2) is 4.98 Å². The molecule has 2 nitrogen and oxygen atoms in total. The summed E-state index contributed by atoms with van der Waals surface area (Å²) in [4.78, 5) is 6.07. The van der Waals surface area contributed by atoms with Crippen LogP contribution in [0.4, 0.5) is 0 Å². The van der Waals surface area contributed by atoms with E-state index in [4.69, 9.17) is 4.98 Å². The highest BCUT2D eigenvalue weighted by Crippen LogP contribution is 2.30. The molecule has 0 spiro atoms. The van der Waals surface area contributed by atoms with Gasteiger partial charge in [0.25, 0.3) is 0 Å². The number of aryl methyl sites for hydroxylation is 1. The third-order valence-corrected chi connectivity index (χ3v) is 4.22. The van der Waals surface area contributed by atoms with Crippen LogP contribution in [0.2, 0.25) is 0 Å². The normalized spacial score (nSPS) is 11.2. The first kappa shape index (κ1) is 14.2. The first-order chi connectivity index (χ1) is 9.20. The zero-order valence-corrected chi connectivity index (χ0v) is 12.8. The molecular weight excluding hydrogens is 252 g/mol. The van der Waals surface area contributed by atoms with Gasteiger partial charge in [0.2, 0.25) is 0 Å². The maximum Gasteiger partial charge on any atom is 0.0932 e. The summed E-state index contributed by atoms with van der Waals surface area (Å²) in [6, 6.07) is 10.6. The quantitative estimate of drug-likeness (QED) is 0.857. The van der Waals surface area contributed by atoms with Crippen LogP contribution in [0.5, 0.6) is 0 Å². The average Bonchev–Trinajstić information content (AvgIpc) is 2.83. The lowest BCUT2D eigenvalue weighted by Crippen LogP contribution is -2.19. The Balaban J connectivity index is 2.19. The molecule has 0 saturated carbocycles. The smallest absolute Gasteiger partial charge is 0.0932 e. The number of hydrogen-bond acceptors (Lipinski definition) is 3. The van der Waals surface area contributed by atoms with Crippen molar-refractivity contribution < 1.29 is 0 Å². The lowest BCUT2D eigenvalue weighted by Gasteiger charge is -2.07. The Morgan fingerprint density at radius 2 is 1.95 bits per heavy atom. The molecule has 102 valence electrons. The van der Waals surface area contributed by atoms with Crippen LogP contribution in [-0.2, 0) is 13.0 Å². The van der Waals surface area contributed by atoms with Crippen molar-refractivity contribution in [3.8, 4) is 10.4 Å². The highest BCUT2D eigenvalue weighted by Gasteiger charge is 2.11. The largest absolute Gasteiger partial charge is 0.311 e. The Kier molecular flexibility index (Phi) is 5.11. The molecule has 0 unspecified atom stereocenters. The van der Waals surface area contributed by atoms with Gasteiger partial charge < -0.3 is 5.32 Å². The lowest BCUT2D eigenvalue weighted by atomic mass is 10.1. The predicted molar refractivity (Wildman–Crippen MR) is 83.5 cm³/mol. The third-order valence-electron chi connectivity index (χ3n) is 2.93. The fraction of sp³-hybridized carbons (Fsp3) is 0.438. The van der Waals surface area contributed by atoms with Gasteiger partial charge in [0.1, 0.15) is 0 Å². The maximum atomic E-state index is 4.76. The number of nitrogens with one attached hydrogen (secondary N) is 1. The van der Waals surface area contributed by atoms with Gasteiger partial charge in [0.05, 0.1) is 15.6 Å². The van der Waals surface area contributed by atoms with E-state index in [0.717, 1.165) is 19.5 Å². The number of benzene rings is 1. The minimum Gasteiger partial charge on any atom is -0.311 e. The molecular formula is C16H22N2S. The molecule has 1 heterocycles. The molecule has 2 aromatic rings. The monoisotopic (exact) mass is 274 g/mol.